The second-order valence-electron chi connectivity index (χ2n) is 6.74. The first-order valence-electron chi connectivity index (χ1n) is 8.90. The van der Waals surface area contributed by atoms with E-state index in [-0.39, 0.29) is 5.92 Å². The van der Waals surface area contributed by atoms with Gasteiger partial charge in [-0.05, 0) is 37.1 Å². The van der Waals surface area contributed by atoms with Crippen LogP contribution in [-0.4, -0.2) is 0 Å². The molecule has 1 heterocycles. The van der Waals surface area contributed by atoms with Gasteiger partial charge in [0.1, 0.15) is 17.2 Å². The highest BCUT2D eigenvalue weighted by atomic mass is 31.2. The summed E-state index contributed by atoms with van der Waals surface area (Å²) >= 11 is 0. The molecule has 0 unspecified atom stereocenters. The molecule has 0 bridgehead atoms. The molecular formula is C22H21O4P. The molecule has 0 saturated carbocycles. The van der Waals surface area contributed by atoms with Gasteiger partial charge in [0.15, 0.2) is 0 Å². The van der Waals surface area contributed by atoms with Crippen molar-refractivity contribution in [1.82, 2.24) is 0 Å². The van der Waals surface area contributed by atoms with E-state index >= 15 is 0 Å². The van der Waals surface area contributed by atoms with Crippen LogP contribution in [0.4, 0.5) is 0 Å². The van der Waals surface area contributed by atoms with E-state index < -0.39 is 7.82 Å². The molecular weight excluding hydrogens is 359 g/mol. The highest BCUT2D eigenvalue weighted by Crippen LogP contribution is 2.55. The van der Waals surface area contributed by atoms with Crippen LogP contribution in [0.3, 0.4) is 0 Å². The third-order valence-electron chi connectivity index (χ3n) is 4.80. The van der Waals surface area contributed by atoms with Crippen molar-refractivity contribution < 1.29 is 18.1 Å². The number of phosphoric ester groups is 1. The molecule has 27 heavy (non-hydrogen) atoms. The van der Waals surface area contributed by atoms with E-state index in [0.717, 1.165) is 22.3 Å². The van der Waals surface area contributed by atoms with Crippen molar-refractivity contribution in [2.24, 2.45) is 0 Å². The number of aryl methyl sites for hydroxylation is 2. The third-order valence-corrected chi connectivity index (χ3v) is 6.05. The minimum atomic E-state index is -3.95. The number of hydrogen-bond donors (Lipinski definition) is 0. The molecule has 0 atom stereocenters. The molecule has 5 heteroatoms. The summed E-state index contributed by atoms with van der Waals surface area (Å²) in [5, 5.41) is 0. The van der Waals surface area contributed by atoms with Gasteiger partial charge in [-0.1, -0.05) is 61.5 Å². The Kier molecular flexibility index (Phi) is 4.45. The molecule has 0 aliphatic carbocycles. The van der Waals surface area contributed by atoms with Crippen molar-refractivity contribution in [2.45, 2.75) is 26.7 Å². The smallest absolute Gasteiger partial charge is 0.386 e. The number of fused-ring (bicyclic) bond motifs is 2. The Balaban J connectivity index is 1.85. The molecule has 138 valence electrons. The fourth-order valence-electron chi connectivity index (χ4n) is 3.36. The Hall–Kier alpha value is -2.71. The van der Waals surface area contributed by atoms with Gasteiger partial charge in [-0.15, -0.1) is 0 Å². The molecule has 0 saturated heterocycles. The molecule has 0 fully saturated rings. The van der Waals surface area contributed by atoms with E-state index in [0.29, 0.717) is 17.2 Å². The summed E-state index contributed by atoms with van der Waals surface area (Å²) in [6.45, 7) is 5.89. The zero-order valence-corrected chi connectivity index (χ0v) is 16.4. The molecule has 0 radical (unpaired) electrons. The molecule has 1 aliphatic heterocycles. The average Bonchev–Trinajstić information content (AvgIpc) is 2.64. The van der Waals surface area contributed by atoms with E-state index in [1.807, 2.05) is 68.4 Å². The lowest BCUT2D eigenvalue weighted by Crippen LogP contribution is -2.14. The predicted molar refractivity (Wildman–Crippen MR) is 106 cm³/mol. The van der Waals surface area contributed by atoms with Crippen molar-refractivity contribution in [2.75, 3.05) is 0 Å². The third kappa shape index (κ3) is 3.33. The topological polar surface area (TPSA) is 44.8 Å². The fourth-order valence-corrected chi connectivity index (χ4v) is 4.80. The summed E-state index contributed by atoms with van der Waals surface area (Å²) in [4.78, 5) is 0. The maximum Gasteiger partial charge on any atom is 0.647 e. The van der Waals surface area contributed by atoms with Crippen LogP contribution in [0.2, 0.25) is 0 Å². The van der Waals surface area contributed by atoms with Gasteiger partial charge >= 0.3 is 7.82 Å². The van der Waals surface area contributed by atoms with Crippen molar-refractivity contribution >= 4 is 7.82 Å². The van der Waals surface area contributed by atoms with Gasteiger partial charge in [0.25, 0.3) is 0 Å². The van der Waals surface area contributed by atoms with Gasteiger partial charge in [0.05, 0.1) is 0 Å². The van der Waals surface area contributed by atoms with Crippen LogP contribution in [0.15, 0.2) is 66.7 Å². The zero-order chi connectivity index (χ0) is 19.0. The van der Waals surface area contributed by atoms with Crippen LogP contribution >= 0.6 is 7.82 Å². The van der Waals surface area contributed by atoms with Gasteiger partial charge in [-0.2, -0.15) is 4.57 Å². The highest BCUT2D eigenvalue weighted by molar-refractivity contribution is 7.49. The lowest BCUT2D eigenvalue weighted by molar-refractivity contribution is 0.291. The van der Waals surface area contributed by atoms with Crippen LogP contribution < -0.4 is 13.6 Å². The minimum Gasteiger partial charge on any atom is -0.386 e. The van der Waals surface area contributed by atoms with Gasteiger partial charge in [-0.25, -0.2) is 0 Å². The number of phosphoric acid groups is 1. The summed E-state index contributed by atoms with van der Waals surface area (Å²) in [6.07, 6.45) is 0. The van der Waals surface area contributed by atoms with E-state index in [2.05, 4.69) is 6.92 Å². The first kappa shape index (κ1) is 17.7. The number of benzene rings is 3. The lowest BCUT2D eigenvalue weighted by atomic mass is 9.92. The van der Waals surface area contributed by atoms with Crippen molar-refractivity contribution in [1.29, 1.82) is 0 Å². The largest absolute Gasteiger partial charge is 0.647 e. The minimum absolute atomic E-state index is 0.0337. The average molecular weight is 380 g/mol. The SMILES string of the molecule is Cc1cccc(C)c1OP1(=O)Oc2ccccc2C(C)c2ccccc2O1. The number of hydrogen-bond acceptors (Lipinski definition) is 4. The van der Waals surface area contributed by atoms with Crippen LogP contribution in [0.25, 0.3) is 0 Å². The van der Waals surface area contributed by atoms with E-state index in [4.69, 9.17) is 13.6 Å². The van der Waals surface area contributed by atoms with E-state index in [9.17, 15) is 4.57 Å². The van der Waals surface area contributed by atoms with E-state index in [1.165, 1.54) is 0 Å². The Morgan fingerprint density at radius 2 is 1.26 bits per heavy atom. The number of rotatable bonds is 2. The Morgan fingerprint density at radius 1 is 0.778 bits per heavy atom. The Morgan fingerprint density at radius 3 is 1.78 bits per heavy atom. The fraction of sp³-hybridized carbons (Fsp3) is 0.182. The predicted octanol–water partition coefficient (Wildman–Crippen LogP) is 6.41. The quantitative estimate of drug-likeness (QED) is 0.482. The first-order chi connectivity index (χ1) is 13.0. The van der Waals surface area contributed by atoms with Gasteiger partial charge in [0, 0.05) is 17.0 Å². The normalized spacial score (nSPS) is 20.9. The maximum atomic E-state index is 13.6. The van der Waals surface area contributed by atoms with Crippen molar-refractivity contribution in [3.05, 3.63) is 89.0 Å². The van der Waals surface area contributed by atoms with Crippen LogP contribution in [0, 0.1) is 13.8 Å². The molecule has 1 aliphatic rings. The second-order valence-corrected chi connectivity index (χ2v) is 8.18. The Bertz CT molecular complexity index is 970. The summed E-state index contributed by atoms with van der Waals surface area (Å²) < 4.78 is 31.3. The first-order valence-corrected chi connectivity index (χ1v) is 10.4. The lowest BCUT2D eigenvalue weighted by Gasteiger charge is -2.28. The second kappa shape index (κ2) is 6.79. The van der Waals surface area contributed by atoms with Gasteiger partial charge < -0.3 is 13.6 Å². The summed E-state index contributed by atoms with van der Waals surface area (Å²) in [5.74, 6) is 1.57. The summed E-state index contributed by atoms with van der Waals surface area (Å²) in [5.41, 5.74) is 3.63. The highest BCUT2D eigenvalue weighted by Gasteiger charge is 2.38. The van der Waals surface area contributed by atoms with Crippen molar-refractivity contribution in [3.8, 4) is 17.2 Å². The Labute approximate surface area is 159 Å². The molecule has 0 spiro atoms. The van der Waals surface area contributed by atoms with Crippen LogP contribution in [0.5, 0.6) is 17.2 Å². The summed E-state index contributed by atoms with van der Waals surface area (Å²) in [6, 6.07) is 20.9. The van der Waals surface area contributed by atoms with Crippen LogP contribution in [-0.2, 0) is 4.57 Å². The summed E-state index contributed by atoms with van der Waals surface area (Å²) in [7, 11) is -3.95. The maximum absolute atomic E-state index is 13.6. The number of para-hydroxylation sites is 3. The molecule has 4 nitrogen and oxygen atoms in total. The van der Waals surface area contributed by atoms with Crippen molar-refractivity contribution in [3.63, 3.8) is 0 Å². The molecule has 0 aromatic heterocycles. The standard InChI is InChI=1S/C22H21O4P/c1-15-9-8-10-16(2)22(15)26-27(23)24-20-13-6-4-11-18(20)17(3)19-12-5-7-14-21(19)25-27/h4-14,17H,1-3H3. The monoisotopic (exact) mass is 380 g/mol. The van der Waals surface area contributed by atoms with E-state index in [1.54, 1.807) is 12.1 Å². The van der Waals surface area contributed by atoms with Crippen LogP contribution in [0.1, 0.15) is 35.1 Å². The molecule has 0 N–H and O–H groups in total. The molecule has 3 aromatic rings. The molecule has 3 aromatic carbocycles. The molecule has 4 rings (SSSR count). The van der Waals surface area contributed by atoms with Gasteiger partial charge in [0.2, 0.25) is 0 Å². The molecule has 0 amide bonds. The zero-order valence-electron chi connectivity index (χ0n) is 15.5. The van der Waals surface area contributed by atoms with Gasteiger partial charge in [-0.3, -0.25) is 0 Å².